The molecule has 0 amide bonds. The summed E-state index contributed by atoms with van der Waals surface area (Å²) in [6, 6.07) is 9.29. The largest absolute Gasteiger partial charge is 0.456 e. The van der Waals surface area contributed by atoms with E-state index in [0.717, 1.165) is 5.56 Å². The van der Waals surface area contributed by atoms with Gasteiger partial charge < -0.3 is 92.6 Å². The fourth-order valence-electron chi connectivity index (χ4n) is 15.5. The lowest BCUT2D eigenvalue weighted by atomic mass is 9.40. The van der Waals surface area contributed by atoms with E-state index in [1.165, 1.54) is 13.2 Å². The van der Waals surface area contributed by atoms with Crippen molar-refractivity contribution in [3.05, 3.63) is 42.0 Å². The first kappa shape index (κ1) is 59.3. The van der Waals surface area contributed by atoms with Crippen LogP contribution in [0.2, 0.25) is 0 Å². The normalized spacial score (nSPS) is 50.6. The Bertz CT molecular complexity index is 2160. The number of aliphatic hydroxyl groups excluding tert-OH is 4. The molecule has 4 aliphatic carbocycles. The molecule has 0 radical (unpaired) electrons. The maximum Gasteiger partial charge on any atom is 0.331 e. The number of hydrogen-bond acceptors (Lipinski definition) is 20. The van der Waals surface area contributed by atoms with Crippen molar-refractivity contribution in [3.63, 3.8) is 0 Å². The van der Waals surface area contributed by atoms with Crippen molar-refractivity contribution in [2.45, 2.75) is 259 Å². The monoisotopic (exact) mass is 1090 g/mol. The highest BCUT2D eigenvalue weighted by atomic mass is 16.8. The zero-order chi connectivity index (χ0) is 55.6. The van der Waals surface area contributed by atoms with Crippen LogP contribution in [0.3, 0.4) is 0 Å². The van der Waals surface area contributed by atoms with Gasteiger partial charge in [0.05, 0.1) is 66.0 Å². The summed E-state index contributed by atoms with van der Waals surface area (Å²) in [5.74, 6) is -1.07. The maximum absolute atomic E-state index is 13.0. The molecule has 27 atom stereocenters. The van der Waals surface area contributed by atoms with Gasteiger partial charge in [-0.2, -0.15) is 0 Å². The Kier molecular flexibility index (Phi) is 17.8. The van der Waals surface area contributed by atoms with Gasteiger partial charge in [0.15, 0.2) is 25.2 Å². The van der Waals surface area contributed by atoms with Crippen LogP contribution in [0.1, 0.15) is 125 Å². The number of aliphatic hydroxyl groups is 7. The molecule has 1 aromatic rings. The first-order valence-electron chi connectivity index (χ1n) is 28.1. The lowest BCUT2D eigenvalue weighted by molar-refractivity contribution is -0.356. The van der Waals surface area contributed by atoms with Crippen LogP contribution < -0.4 is 0 Å². The summed E-state index contributed by atoms with van der Waals surface area (Å²) in [6.45, 7) is 12.6. The van der Waals surface area contributed by atoms with Crippen LogP contribution in [-0.4, -0.2) is 203 Å². The van der Waals surface area contributed by atoms with Gasteiger partial charge in [0.2, 0.25) is 0 Å². The van der Waals surface area contributed by atoms with Crippen molar-refractivity contribution in [1.29, 1.82) is 0 Å². The number of esters is 1. The minimum absolute atomic E-state index is 0.0210. The van der Waals surface area contributed by atoms with E-state index in [-0.39, 0.29) is 50.5 Å². The van der Waals surface area contributed by atoms with E-state index in [1.807, 2.05) is 51.1 Å². The van der Waals surface area contributed by atoms with Crippen LogP contribution in [0.4, 0.5) is 0 Å². The van der Waals surface area contributed by atoms with Crippen LogP contribution >= 0.6 is 0 Å². The van der Waals surface area contributed by atoms with Gasteiger partial charge in [0.25, 0.3) is 0 Å². The fraction of sp³-hybridized carbons (Fsp3) is 0.842. The molecule has 20 heteroatoms. The van der Waals surface area contributed by atoms with E-state index in [4.69, 9.17) is 56.8 Å². The summed E-state index contributed by atoms with van der Waals surface area (Å²) in [6.07, 6.45) is -8.47. The summed E-state index contributed by atoms with van der Waals surface area (Å²) in [5.41, 5.74) is -6.62. The van der Waals surface area contributed by atoms with Crippen LogP contribution in [-0.2, 0) is 61.6 Å². The molecule has 436 valence electrons. The van der Waals surface area contributed by atoms with Gasteiger partial charge in [-0.05, 0) is 115 Å². The van der Waals surface area contributed by atoms with Crippen molar-refractivity contribution in [1.82, 2.24) is 0 Å². The van der Waals surface area contributed by atoms with Crippen molar-refractivity contribution >= 4 is 12.0 Å². The predicted molar refractivity (Wildman–Crippen MR) is 273 cm³/mol. The molecule has 1 aromatic carbocycles. The molecule has 4 aliphatic heterocycles. The molecule has 27 unspecified atom stereocenters. The number of benzene rings is 1. The van der Waals surface area contributed by atoms with E-state index < -0.39 is 156 Å². The van der Waals surface area contributed by atoms with Gasteiger partial charge in [0.1, 0.15) is 53.9 Å². The number of carbonyl (C=O) groups excluding carboxylic acids is 1. The number of carbonyl (C=O) groups is 1. The number of fused-ring (bicyclic) bond motifs is 5. The molecular weight excluding hydrogens is 1000 g/mol. The molecule has 4 heterocycles. The van der Waals surface area contributed by atoms with Gasteiger partial charge in [0, 0.05) is 46.7 Å². The Balaban J connectivity index is 0.761. The predicted octanol–water partition coefficient (Wildman–Crippen LogP) is 3.42. The Morgan fingerprint density at radius 3 is 1.86 bits per heavy atom. The second kappa shape index (κ2) is 23.2. The number of ether oxygens (including phenoxy) is 12. The molecule has 9 rings (SSSR count). The van der Waals surface area contributed by atoms with Crippen LogP contribution in [0, 0.1) is 22.7 Å². The molecule has 0 spiro atoms. The Morgan fingerprint density at radius 2 is 1.25 bits per heavy atom. The molecule has 7 N–H and O–H groups in total. The van der Waals surface area contributed by atoms with Crippen LogP contribution in [0.15, 0.2) is 36.4 Å². The first-order valence-corrected chi connectivity index (χ1v) is 28.1. The van der Waals surface area contributed by atoms with Crippen molar-refractivity contribution < 1.29 is 97.4 Å². The molecule has 77 heavy (non-hydrogen) atoms. The number of methoxy groups -OCH3 is 3. The van der Waals surface area contributed by atoms with Crippen LogP contribution in [0.25, 0.3) is 6.08 Å². The Labute approximate surface area is 452 Å². The second-order valence-electron chi connectivity index (χ2n) is 24.1. The minimum atomic E-state index is -1.88. The fourth-order valence-corrected chi connectivity index (χ4v) is 15.5. The highest BCUT2D eigenvalue weighted by Gasteiger charge is 2.81. The van der Waals surface area contributed by atoms with E-state index in [2.05, 4.69) is 6.92 Å². The quantitative estimate of drug-likeness (QED) is 0.0753. The lowest BCUT2D eigenvalue weighted by Crippen LogP contribution is -2.79. The SMILES string of the molecule is COC1CC(OC2C(O)CC(OC3CCC4(C)C(CCC5(O)C4CC(O)C4(C)C(O)(C(C)OC(=O)C=Cc6ccccc6)CCC54O)C3)OC2C)OC(C)C1OC1CC(OC)C(OC2OC(C)C(O)C(OC)C2O)C(C)O1. The van der Waals surface area contributed by atoms with Gasteiger partial charge >= 0.3 is 5.97 Å². The third-order valence-corrected chi connectivity index (χ3v) is 20.2. The zero-order valence-electron chi connectivity index (χ0n) is 46.5. The topological polar surface area (TPSA) is 269 Å². The smallest absolute Gasteiger partial charge is 0.331 e. The highest BCUT2D eigenvalue weighted by molar-refractivity contribution is 5.87. The summed E-state index contributed by atoms with van der Waals surface area (Å²) < 4.78 is 73.7. The average Bonchev–Trinajstić information content (AvgIpc) is 3.79. The van der Waals surface area contributed by atoms with Crippen molar-refractivity contribution in [3.8, 4) is 0 Å². The van der Waals surface area contributed by atoms with Gasteiger partial charge in [-0.15, -0.1) is 0 Å². The Hall–Kier alpha value is -2.29. The highest BCUT2D eigenvalue weighted by Crippen LogP contribution is 2.72. The first-order chi connectivity index (χ1) is 36.4. The maximum atomic E-state index is 13.0. The molecule has 0 bridgehead atoms. The standard InChI is InChI=1S/C57H88O20/c1-29-46(61)51(68-10)47(62)52(72-29)77-50-32(4)71-45(27-39(50)67-9)76-49-31(3)70-44(26-38(49)66-8)75-48-30(2)69-43(25-37(48)58)74-36-19-20-53(6)35(24-36)18-21-56(64)40(53)28-41(59)54(7)55(63,22-23-57(54,56)65)33(5)73-42(60)17-16-34-14-12-11-13-15-34/h11-17,29-33,35-41,43-52,58-59,61-65H,18-28H2,1-10H3. The molecule has 20 nitrogen and oxygen atoms in total. The van der Waals surface area contributed by atoms with Gasteiger partial charge in [-0.25, -0.2) is 4.79 Å². The lowest BCUT2D eigenvalue weighted by Gasteiger charge is -2.69. The zero-order valence-corrected chi connectivity index (χ0v) is 46.5. The second-order valence-corrected chi connectivity index (χ2v) is 24.1. The Morgan fingerprint density at radius 1 is 0.649 bits per heavy atom. The van der Waals surface area contributed by atoms with Crippen molar-refractivity contribution in [2.75, 3.05) is 21.3 Å². The number of rotatable bonds is 15. The third-order valence-electron chi connectivity index (χ3n) is 20.2. The molecule has 4 saturated heterocycles. The average molecular weight is 1090 g/mol. The van der Waals surface area contributed by atoms with E-state index in [0.29, 0.717) is 32.1 Å². The van der Waals surface area contributed by atoms with Gasteiger partial charge in [-0.3, -0.25) is 0 Å². The van der Waals surface area contributed by atoms with E-state index >= 15 is 0 Å². The molecule has 8 fully saturated rings. The summed E-state index contributed by atoms with van der Waals surface area (Å²) in [7, 11) is 4.57. The van der Waals surface area contributed by atoms with Crippen molar-refractivity contribution in [2.24, 2.45) is 22.7 Å². The summed E-state index contributed by atoms with van der Waals surface area (Å²) in [5, 5.41) is 83.4. The third kappa shape index (κ3) is 10.6. The van der Waals surface area contributed by atoms with E-state index in [9.17, 15) is 40.5 Å². The summed E-state index contributed by atoms with van der Waals surface area (Å²) in [4.78, 5) is 13.0. The molecule has 0 aromatic heterocycles. The molecule has 4 saturated carbocycles. The van der Waals surface area contributed by atoms with Crippen LogP contribution in [0.5, 0.6) is 0 Å². The summed E-state index contributed by atoms with van der Waals surface area (Å²) >= 11 is 0. The minimum Gasteiger partial charge on any atom is -0.456 e. The molecule has 8 aliphatic rings. The van der Waals surface area contributed by atoms with E-state index in [1.54, 1.807) is 41.1 Å². The molecular formula is C57H88O20. The number of hydrogen-bond donors (Lipinski definition) is 7. The van der Waals surface area contributed by atoms with Gasteiger partial charge in [-0.1, -0.05) is 44.2 Å².